The van der Waals surface area contributed by atoms with Crippen LogP contribution in [0.3, 0.4) is 0 Å². The Kier molecular flexibility index (Phi) is 5.92. The lowest BCUT2D eigenvalue weighted by Crippen LogP contribution is -2.32. The summed E-state index contributed by atoms with van der Waals surface area (Å²) in [5.74, 6) is -1.21. The lowest BCUT2D eigenvalue weighted by Gasteiger charge is -2.21. The number of benzene rings is 1. The Morgan fingerprint density at radius 1 is 1.35 bits per heavy atom. The predicted octanol–water partition coefficient (Wildman–Crippen LogP) is 2.85. The second-order valence-corrected chi connectivity index (χ2v) is 6.05. The number of carboxylic acids is 1. The van der Waals surface area contributed by atoms with E-state index in [2.05, 4.69) is 26.1 Å². The molecule has 122 valence electrons. The summed E-state index contributed by atoms with van der Waals surface area (Å²) >= 11 is 3.39. The van der Waals surface area contributed by atoms with Crippen molar-refractivity contribution in [1.82, 2.24) is 15.1 Å². The third-order valence-corrected chi connectivity index (χ3v) is 3.87. The highest BCUT2D eigenvalue weighted by Gasteiger charge is 2.20. The highest BCUT2D eigenvalue weighted by molar-refractivity contribution is 9.10. The Labute approximate surface area is 142 Å². The molecule has 2 N–H and O–H groups in total. The van der Waals surface area contributed by atoms with Crippen molar-refractivity contribution in [2.75, 3.05) is 6.54 Å². The fraction of sp³-hybridized carbons (Fsp3) is 0.312. The Morgan fingerprint density at radius 3 is 2.74 bits per heavy atom. The minimum Gasteiger partial charge on any atom is -0.481 e. The number of aryl methyl sites for hydroxylation is 1. The molecule has 0 atom stereocenters. The van der Waals surface area contributed by atoms with Crippen LogP contribution in [0.15, 0.2) is 34.8 Å². The molecule has 0 saturated carbocycles. The Balaban J connectivity index is 2.18. The first-order chi connectivity index (χ1) is 11.0. The fourth-order valence-electron chi connectivity index (χ4n) is 2.15. The number of hydrogen-bond acceptors (Lipinski definition) is 3. The molecule has 6 nitrogen and oxygen atoms in total. The zero-order chi connectivity index (χ0) is 16.8. The van der Waals surface area contributed by atoms with Crippen LogP contribution in [0.2, 0.25) is 0 Å². The first-order valence-corrected chi connectivity index (χ1v) is 8.08. The van der Waals surface area contributed by atoms with Crippen LogP contribution in [0.1, 0.15) is 35.1 Å². The van der Waals surface area contributed by atoms with Gasteiger partial charge < -0.3 is 10.0 Å². The monoisotopic (exact) mass is 379 g/mol. The number of nitrogens with zero attached hydrogens (tertiary/aromatic N) is 2. The van der Waals surface area contributed by atoms with Crippen molar-refractivity contribution in [2.24, 2.45) is 0 Å². The van der Waals surface area contributed by atoms with E-state index in [9.17, 15) is 9.59 Å². The van der Waals surface area contributed by atoms with Gasteiger partial charge in [0.05, 0.1) is 6.42 Å². The fourth-order valence-corrected chi connectivity index (χ4v) is 2.60. The van der Waals surface area contributed by atoms with Gasteiger partial charge in [-0.25, -0.2) is 0 Å². The van der Waals surface area contributed by atoms with Gasteiger partial charge in [-0.05, 0) is 30.2 Å². The average molecular weight is 380 g/mol. The predicted molar refractivity (Wildman–Crippen MR) is 89.1 cm³/mol. The number of nitrogens with one attached hydrogen (secondary N) is 1. The molecule has 0 spiro atoms. The van der Waals surface area contributed by atoms with E-state index in [-0.39, 0.29) is 18.9 Å². The molecule has 1 amide bonds. The molecule has 0 saturated heterocycles. The number of H-pyrrole nitrogens is 1. The number of carboxylic acid groups (broad SMARTS) is 1. The summed E-state index contributed by atoms with van der Waals surface area (Å²) in [4.78, 5) is 25.0. The summed E-state index contributed by atoms with van der Waals surface area (Å²) in [6.45, 7) is 2.43. The number of rotatable bonds is 7. The van der Waals surface area contributed by atoms with Gasteiger partial charge in [0.1, 0.15) is 5.69 Å². The van der Waals surface area contributed by atoms with Gasteiger partial charge in [0.2, 0.25) is 0 Å². The zero-order valence-corrected chi connectivity index (χ0v) is 14.3. The first-order valence-electron chi connectivity index (χ1n) is 7.29. The molecule has 1 heterocycles. The summed E-state index contributed by atoms with van der Waals surface area (Å²) in [6, 6.07) is 9.28. The van der Waals surface area contributed by atoms with Crippen LogP contribution in [-0.4, -0.2) is 38.6 Å². The molecule has 0 fully saturated rings. The van der Waals surface area contributed by atoms with Gasteiger partial charge >= 0.3 is 5.97 Å². The van der Waals surface area contributed by atoms with Gasteiger partial charge in [0.25, 0.3) is 5.91 Å². The van der Waals surface area contributed by atoms with Crippen LogP contribution in [0.5, 0.6) is 0 Å². The largest absolute Gasteiger partial charge is 0.481 e. The molecule has 0 aliphatic heterocycles. The molecular formula is C16H18BrN3O3. The summed E-state index contributed by atoms with van der Waals surface area (Å²) in [5.41, 5.74) is 2.10. The smallest absolute Gasteiger partial charge is 0.305 e. The molecule has 0 unspecified atom stereocenters. The van der Waals surface area contributed by atoms with Crippen molar-refractivity contribution in [3.05, 3.63) is 51.8 Å². The topological polar surface area (TPSA) is 86.3 Å². The highest BCUT2D eigenvalue weighted by atomic mass is 79.9. The minimum atomic E-state index is -0.937. The first kappa shape index (κ1) is 17.2. The number of aromatic amines is 1. The molecule has 1 aromatic carbocycles. The van der Waals surface area contributed by atoms with Crippen molar-refractivity contribution in [3.8, 4) is 0 Å². The van der Waals surface area contributed by atoms with E-state index in [1.807, 2.05) is 31.2 Å². The number of carbonyl (C=O) groups is 2. The number of aliphatic carboxylic acids is 1. The summed E-state index contributed by atoms with van der Waals surface area (Å²) < 4.78 is 0.911. The second kappa shape index (κ2) is 7.92. The van der Waals surface area contributed by atoms with Crippen LogP contribution >= 0.6 is 15.9 Å². The second-order valence-electron chi connectivity index (χ2n) is 5.13. The van der Waals surface area contributed by atoms with E-state index >= 15 is 0 Å². The van der Waals surface area contributed by atoms with Crippen molar-refractivity contribution < 1.29 is 14.7 Å². The van der Waals surface area contributed by atoms with E-state index in [0.717, 1.165) is 22.2 Å². The van der Waals surface area contributed by atoms with Gasteiger partial charge in [0, 0.05) is 23.3 Å². The maximum absolute atomic E-state index is 12.6. The molecule has 2 aromatic rings. The Morgan fingerprint density at radius 2 is 2.13 bits per heavy atom. The van der Waals surface area contributed by atoms with Gasteiger partial charge in [-0.3, -0.25) is 14.7 Å². The molecule has 0 radical (unpaired) electrons. The SMILES string of the molecule is CCc1cc(C(=O)N(CCC(=O)O)Cc2cccc(Br)c2)n[nH]1. The Hall–Kier alpha value is -2.15. The lowest BCUT2D eigenvalue weighted by atomic mass is 10.2. The minimum absolute atomic E-state index is 0.106. The number of amides is 1. The van der Waals surface area contributed by atoms with Crippen molar-refractivity contribution in [1.29, 1.82) is 0 Å². The summed E-state index contributed by atoms with van der Waals surface area (Å²) in [6.07, 6.45) is 0.645. The van der Waals surface area contributed by atoms with Crippen LogP contribution in [0, 0.1) is 0 Å². The molecule has 0 bridgehead atoms. The summed E-state index contributed by atoms with van der Waals surface area (Å²) in [7, 11) is 0. The van der Waals surface area contributed by atoms with Crippen LogP contribution in [0.4, 0.5) is 0 Å². The van der Waals surface area contributed by atoms with Crippen molar-refractivity contribution in [3.63, 3.8) is 0 Å². The third-order valence-electron chi connectivity index (χ3n) is 3.38. The van der Waals surface area contributed by atoms with E-state index in [1.54, 1.807) is 6.07 Å². The number of aromatic nitrogens is 2. The molecule has 0 aliphatic carbocycles. The van der Waals surface area contributed by atoms with E-state index in [4.69, 9.17) is 5.11 Å². The van der Waals surface area contributed by atoms with Crippen molar-refractivity contribution in [2.45, 2.75) is 26.3 Å². The van der Waals surface area contributed by atoms with E-state index in [0.29, 0.717) is 12.2 Å². The van der Waals surface area contributed by atoms with Crippen LogP contribution in [0.25, 0.3) is 0 Å². The number of halogens is 1. The maximum Gasteiger partial charge on any atom is 0.305 e. The van der Waals surface area contributed by atoms with Crippen molar-refractivity contribution >= 4 is 27.8 Å². The maximum atomic E-state index is 12.6. The molecule has 2 rings (SSSR count). The Bertz CT molecular complexity index is 699. The van der Waals surface area contributed by atoms with Crippen LogP contribution < -0.4 is 0 Å². The summed E-state index contributed by atoms with van der Waals surface area (Å²) in [5, 5.41) is 15.7. The number of carbonyl (C=O) groups excluding carboxylic acids is 1. The van der Waals surface area contributed by atoms with Crippen LogP contribution in [-0.2, 0) is 17.8 Å². The standard InChI is InChI=1S/C16H18BrN3O3/c1-2-13-9-14(19-18-13)16(23)20(7-6-15(21)22)10-11-4-3-5-12(17)8-11/h3-5,8-9H,2,6-7,10H2,1H3,(H,18,19)(H,21,22). The molecular weight excluding hydrogens is 362 g/mol. The van der Waals surface area contributed by atoms with E-state index < -0.39 is 5.97 Å². The highest BCUT2D eigenvalue weighted by Crippen LogP contribution is 2.15. The molecule has 7 heteroatoms. The van der Waals surface area contributed by atoms with Gasteiger partial charge in [-0.15, -0.1) is 0 Å². The third kappa shape index (κ3) is 4.92. The lowest BCUT2D eigenvalue weighted by molar-refractivity contribution is -0.137. The molecule has 1 aromatic heterocycles. The van der Waals surface area contributed by atoms with Gasteiger partial charge in [-0.2, -0.15) is 5.10 Å². The molecule has 23 heavy (non-hydrogen) atoms. The molecule has 0 aliphatic rings. The zero-order valence-electron chi connectivity index (χ0n) is 12.8. The quantitative estimate of drug-likeness (QED) is 0.774. The van der Waals surface area contributed by atoms with E-state index in [1.165, 1.54) is 4.90 Å². The van der Waals surface area contributed by atoms with Gasteiger partial charge in [0.15, 0.2) is 0 Å². The normalized spacial score (nSPS) is 10.5. The average Bonchev–Trinajstić information content (AvgIpc) is 2.99. The van der Waals surface area contributed by atoms with Gasteiger partial charge in [-0.1, -0.05) is 35.0 Å². The number of hydrogen-bond donors (Lipinski definition) is 2.